The number of nitrogens with zero attached hydrogens (tertiary/aromatic N) is 4. The lowest BCUT2D eigenvalue weighted by Gasteiger charge is -2.08. The Morgan fingerprint density at radius 1 is 1.16 bits per heavy atom. The van der Waals surface area contributed by atoms with Gasteiger partial charge >= 0.3 is 0 Å². The Morgan fingerprint density at radius 2 is 1.92 bits per heavy atom. The molecule has 0 unspecified atom stereocenters. The molecule has 0 atom stereocenters. The molecule has 0 radical (unpaired) electrons. The molecule has 2 aromatic heterocycles. The standard InChI is InChI=1S/C17H13ClN4O3/c1-2-12-9-16(25-14-7-8-15(18)19-10-14)21-17(20-12)11-3-5-13(6-4-11)22(23)24/h3-10H,2H2,1H3. The van der Waals surface area contributed by atoms with Gasteiger partial charge in [0.15, 0.2) is 5.82 Å². The Balaban J connectivity index is 1.94. The summed E-state index contributed by atoms with van der Waals surface area (Å²) in [7, 11) is 0. The minimum atomic E-state index is -0.449. The van der Waals surface area contributed by atoms with E-state index in [1.807, 2.05) is 6.92 Å². The molecule has 7 nitrogen and oxygen atoms in total. The normalized spacial score (nSPS) is 10.5. The van der Waals surface area contributed by atoms with Crippen LogP contribution >= 0.6 is 11.6 Å². The maximum atomic E-state index is 10.8. The van der Waals surface area contributed by atoms with Crippen LogP contribution in [0.5, 0.6) is 11.6 Å². The van der Waals surface area contributed by atoms with Gasteiger partial charge in [0.2, 0.25) is 5.88 Å². The molecule has 0 aliphatic carbocycles. The van der Waals surface area contributed by atoms with Gasteiger partial charge in [0.1, 0.15) is 10.9 Å². The fraction of sp³-hybridized carbons (Fsp3) is 0.118. The fourth-order valence-electron chi connectivity index (χ4n) is 2.11. The lowest BCUT2D eigenvalue weighted by molar-refractivity contribution is -0.384. The highest BCUT2D eigenvalue weighted by molar-refractivity contribution is 6.29. The van der Waals surface area contributed by atoms with Gasteiger partial charge in [-0.15, -0.1) is 0 Å². The van der Waals surface area contributed by atoms with Gasteiger partial charge in [0.05, 0.1) is 11.1 Å². The first-order valence-corrected chi connectivity index (χ1v) is 7.85. The van der Waals surface area contributed by atoms with E-state index in [1.54, 1.807) is 30.3 Å². The van der Waals surface area contributed by atoms with Crippen molar-refractivity contribution in [2.75, 3.05) is 0 Å². The van der Waals surface area contributed by atoms with Crippen molar-refractivity contribution in [3.63, 3.8) is 0 Å². The summed E-state index contributed by atoms with van der Waals surface area (Å²) in [5, 5.41) is 11.1. The monoisotopic (exact) mass is 356 g/mol. The zero-order valence-electron chi connectivity index (χ0n) is 13.2. The summed E-state index contributed by atoms with van der Waals surface area (Å²) in [6.45, 7) is 1.97. The molecule has 2 heterocycles. The summed E-state index contributed by atoms with van der Waals surface area (Å²) in [5.41, 5.74) is 1.47. The van der Waals surface area contributed by atoms with Crippen molar-refractivity contribution >= 4 is 17.3 Å². The number of halogens is 1. The number of hydrogen-bond acceptors (Lipinski definition) is 6. The predicted molar refractivity (Wildman–Crippen MR) is 92.8 cm³/mol. The molecular weight excluding hydrogens is 344 g/mol. The number of non-ortho nitro benzene ring substituents is 1. The zero-order chi connectivity index (χ0) is 17.8. The molecule has 0 aliphatic rings. The maximum absolute atomic E-state index is 10.8. The van der Waals surface area contributed by atoms with E-state index < -0.39 is 4.92 Å². The van der Waals surface area contributed by atoms with Crippen molar-refractivity contribution in [1.82, 2.24) is 15.0 Å². The number of aryl methyl sites for hydroxylation is 1. The lowest BCUT2D eigenvalue weighted by atomic mass is 10.2. The van der Waals surface area contributed by atoms with Crippen LogP contribution in [0.4, 0.5) is 5.69 Å². The van der Waals surface area contributed by atoms with Gasteiger partial charge in [0.25, 0.3) is 5.69 Å². The van der Waals surface area contributed by atoms with Crippen LogP contribution in [-0.4, -0.2) is 19.9 Å². The van der Waals surface area contributed by atoms with E-state index in [2.05, 4.69) is 15.0 Å². The highest BCUT2D eigenvalue weighted by Gasteiger charge is 2.11. The van der Waals surface area contributed by atoms with Crippen LogP contribution in [0.15, 0.2) is 48.7 Å². The maximum Gasteiger partial charge on any atom is 0.269 e. The molecule has 0 amide bonds. The minimum absolute atomic E-state index is 0.0131. The van der Waals surface area contributed by atoms with Crippen LogP contribution in [-0.2, 0) is 6.42 Å². The molecule has 8 heteroatoms. The third-order valence-corrected chi connectivity index (χ3v) is 3.60. The summed E-state index contributed by atoms with van der Waals surface area (Å²) >= 11 is 5.76. The quantitative estimate of drug-likeness (QED) is 0.381. The number of pyridine rings is 1. The third kappa shape index (κ3) is 4.07. The fourth-order valence-corrected chi connectivity index (χ4v) is 2.22. The van der Waals surface area contributed by atoms with Crippen molar-refractivity contribution in [2.24, 2.45) is 0 Å². The predicted octanol–water partition coefficient (Wildman–Crippen LogP) is 4.45. The molecule has 0 N–H and O–H groups in total. The minimum Gasteiger partial charge on any atom is -0.437 e. The van der Waals surface area contributed by atoms with Crippen molar-refractivity contribution in [1.29, 1.82) is 0 Å². The van der Waals surface area contributed by atoms with Crippen molar-refractivity contribution in [3.05, 3.63) is 69.6 Å². The summed E-state index contributed by atoms with van der Waals surface area (Å²) < 4.78 is 5.72. The molecule has 3 aromatic rings. The first-order valence-electron chi connectivity index (χ1n) is 7.47. The molecular formula is C17H13ClN4O3. The van der Waals surface area contributed by atoms with E-state index in [1.165, 1.54) is 18.3 Å². The van der Waals surface area contributed by atoms with Gasteiger partial charge in [-0.25, -0.2) is 9.97 Å². The van der Waals surface area contributed by atoms with E-state index in [9.17, 15) is 10.1 Å². The van der Waals surface area contributed by atoms with Gasteiger partial charge in [-0.1, -0.05) is 18.5 Å². The molecule has 0 bridgehead atoms. The van der Waals surface area contributed by atoms with E-state index >= 15 is 0 Å². The Hall–Kier alpha value is -3.06. The van der Waals surface area contributed by atoms with E-state index in [-0.39, 0.29) is 5.69 Å². The van der Waals surface area contributed by atoms with Gasteiger partial charge in [-0.3, -0.25) is 10.1 Å². The molecule has 0 saturated carbocycles. The van der Waals surface area contributed by atoms with Crippen molar-refractivity contribution < 1.29 is 9.66 Å². The molecule has 3 rings (SSSR count). The Morgan fingerprint density at radius 3 is 2.52 bits per heavy atom. The SMILES string of the molecule is CCc1cc(Oc2ccc(Cl)nc2)nc(-c2ccc([N+](=O)[O-])cc2)n1. The zero-order valence-corrected chi connectivity index (χ0v) is 14.0. The second-order valence-electron chi connectivity index (χ2n) is 5.10. The average Bonchev–Trinajstić information content (AvgIpc) is 2.63. The number of hydrogen-bond donors (Lipinski definition) is 0. The molecule has 0 aliphatic heterocycles. The highest BCUT2D eigenvalue weighted by Crippen LogP contribution is 2.25. The summed E-state index contributed by atoms with van der Waals surface area (Å²) in [6.07, 6.45) is 2.19. The summed E-state index contributed by atoms with van der Waals surface area (Å²) in [5.74, 6) is 1.30. The third-order valence-electron chi connectivity index (χ3n) is 3.38. The van der Waals surface area contributed by atoms with Crippen LogP contribution in [0.3, 0.4) is 0 Å². The Kier molecular flexibility index (Phi) is 4.85. The average molecular weight is 357 g/mol. The second kappa shape index (κ2) is 7.23. The van der Waals surface area contributed by atoms with Crippen LogP contribution in [0.1, 0.15) is 12.6 Å². The second-order valence-corrected chi connectivity index (χ2v) is 5.48. The first-order chi connectivity index (χ1) is 12.0. The molecule has 25 heavy (non-hydrogen) atoms. The number of nitro groups is 1. The lowest BCUT2D eigenvalue weighted by Crippen LogP contribution is -1.98. The van der Waals surface area contributed by atoms with Crippen molar-refractivity contribution in [2.45, 2.75) is 13.3 Å². The molecule has 0 saturated heterocycles. The van der Waals surface area contributed by atoms with Crippen molar-refractivity contribution in [3.8, 4) is 23.0 Å². The van der Waals surface area contributed by atoms with E-state index in [4.69, 9.17) is 16.3 Å². The Labute approximate surface area is 148 Å². The molecule has 0 spiro atoms. The molecule has 0 fully saturated rings. The van der Waals surface area contributed by atoms with Crippen LogP contribution in [0.25, 0.3) is 11.4 Å². The summed E-state index contributed by atoms with van der Waals surface area (Å²) in [4.78, 5) is 23.1. The smallest absolute Gasteiger partial charge is 0.269 e. The summed E-state index contributed by atoms with van der Waals surface area (Å²) in [6, 6.07) is 11.1. The van der Waals surface area contributed by atoms with Gasteiger partial charge in [0, 0.05) is 29.5 Å². The molecule has 126 valence electrons. The van der Waals surface area contributed by atoms with E-state index in [0.717, 1.165) is 5.69 Å². The number of ether oxygens (including phenoxy) is 1. The largest absolute Gasteiger partial charge is 0.437 e. The van der Waals surface area contributed by atoms with Crippen LogP contribution in [0, 0.1) is 10.1 Å². The van der Waals surface area contributed by atoms with Gasteiger partial charge in [-0.05, 0) is 30.7 Å². The van der Waals surface area contributed by atoms with E-state index in [0.29, 0.717) is 34.6 Å². The Bertz CT molecular complexity index is 899. The number of nitro benzene ring substituents is 1. The van der Waals surface area contributed by atoms with Crippen LogP contribution in [0.2, 0.25) is 5.15 Å². The van der Waals surface area contributed by atoms with Gasteiger partial charge in [-0.2, -0.15) is 4.98 Å². The van der Waals surface area contributed by atoms with Crippen LogP contribution < -0.4 is 4.74 Å². The highest BCUT2D eigenvalue weighted by atomic mass is 35.5. The number of rotatable bonds is 5. The number of benzene rings is 1. The number of aromatic nitrogens is 3. The molecule has 1 aromatic carbocycles. The first kappa shape index (κ1) is 16.8. The van der Waals surface area contributed by atoms with Gasteiger partial charge < -0.3 is 4.74 Å². The topological polar surface area (TPSA) is 91.0 Å².